The fraction of sp³-hybridized carbons (Fsp3) is 0.133. The molecule has 0 radical (unpaired) electrons. The first kappa shape index (κ1) is 17.1. The molecule has 6 nitrogen and oxygen atoms in total. The highest BCUT2D eigenvalue weighted by Gasteiger charge is 2.12. The summed E-state index contributed by atoms with van der Waals surface area (Å²) in [4.78, 5) is 4.02. The standard InChI is InChI=1S/C15H13Br2N5OS/c1-23-13-10(6-11(16)7-12(13)17)8-19-22-14(20-21-15(22)24)9-2-4-18-5-3-9/h2-7,19H,8H2,1H3,(H,21,24). The van der Waals surface area contributed by atoms with E-state index in [4.69, 9.17) is 17.0 Å². The zero-order valence-electron chi connectivity index (χ0n) is 12.6. The van der Waals surface area contributed by atoms with Crippen LogP contribution in [-0.4, -0.2) is 27.0 Å². The minimum absolute atomic E-state index is 0.481. The first-order valence-corrected chi connectivity index (χ1v) is 8.93. The van der Waals surface area contributed by atoms with Crippen molar-refractivity contribution in [1.29, 1.82) is 0 Å². The third-order valence-corrected chi connectivity index (χ3v) is 4.65. The van der Waals surface area contributed by atoms with Crippen molar-refractivity contribution in [2.45, 2.75) is 6.54 Å². The van der Waals surface area contributed by atoms with Crippen molar-refractivity contribution in [3.63, 3.8) is 0 Å². The fourth-order valence-corrected chi connectivity index (χ4v) is 3.95. The fourth-order valence-electron chi connectivity index (χ4n) is 2.28. The lowest BCUT2D eigenvalue weighted by Crippen LogP contribution is -2.16. The van der Waals surface area contributed by atoms with Gasteiger partial charge < -0.3 is 10.2 Å². The van der Waals surface area contributed by atoms with Gasteiger partial charge in [0, 0.05) is 28.0 Å². The zero-order chi connectivity index (χ0) is 17.1. The lowest BCUT2D eigenvalue weighted by Gasteiger charge is -2.14. The van der Waals surface area contributed by atoms with Crippen LogP contribution in [0.15, 0.2) is 45.6 Å². The molecule has 0 fully saturated rings. The predicted octanol–water partition coefficient (Wildman–Crippen LogP) is 4.28. The molecule has 0 saturated carbocycles. The summed E-state index contributed by atoms with van der Waals surface area (Å²) >= 11 is 12.3. The van der Waals surface area contributed by atoms with Gasteiger partial charge in [0.05, 0.1) is 18.1 Å². The molecule has 0 aliphatic rings. The van der Waals surface area contributed by atoms with Crippen LogP contribution >= 0.6 is 44.1 Å². The average Bonchev–Trinajstić information content (AvgIpc) is 2.94. The van der Waals surface area contributed by atoms with Crippen molar-refractivity contribution < 1.29 is 4.74 Å². The van der Waals surface area contributed by atoms with E-state index < -0.39 is 0 Å². The smallest absolute Gasteiger partial charge is 0.214 e. The number of benzene rings is 1. The first-order valence-electron chi connectivity index (χ1n) is 6.93. The molecule has 124 valence electrons. The Morgan fingerprint density at radius 3 is 2.75 bits per heavy atom. The summed E-state index contributed by atoms with van der Waals surface area (Å²) in [7, 11) is 1.64. The van der Waals surface area contributed by atoms with Crippen LogP contribution in [0.1, 0.15) is 5.56 Å². The second-order valence-electron chi connectivity index (χ2n) is 4.84. The molecule has 9 heteroatoms. The van der Waals surface area contributed by atoms with Gasteiger partial charge in [0.2, 0.25) is 4.77 Å². The molecule has 24 heavy (non-hydrogen) atoms. The van der Waals surface area contributed by atoms with Crippen LogP contribution in [0.4, 0.5) is 0 Å². The van der Waals surface area contributed by atoms with Gasteiger partial charge >= 0.3 is 0 Å². The van der Waals surface area contributed by atoms with Crippen molar-refractivity contribution in [3.8, 4) is 17.1 Å². The Balaban J connectivity index is 1.92. The van der Waals surface area contributed by atoms with E-state index in [0.29, 0.717) is 17.1 Å². The normalized spacial score (nSPS) is 10.6. The number of hydrogen-bond donors (Lipinski definition) is 2. The summed E-state index contributed by atoms with van der Waals surface area (Å²) in [6.07, 6.45) is 3.43. The third-order valence-electron chi connectivity index (χ3n) is 3.33. The Hall–Kier alpha value is -1.71. The van der Waals surface area contributed by atoms with Crippen molar-refractivity contribution in [1.82, 2.24) is 19.9 Å². The Morgan fingerprint density at radius 2 is 2.04 bits per heavy atom. The van der Waals surface area contributed by atoms with Gasteiger partial charge in [-0.2, -0.15) is 5.10 Å². The highest BCUT2D eigenvalue weighted by molar-refractivity contribution is 9.11. The first-order chi connectivity index (χ1) is 11.6. The van der Waals surface area contributed by atoms with Crippen molar-refractivity contribution in [2.75, 3.05) is 12.5 Å². The number of halogens is 2. The molecule has 3 aromatic rings. The third kappa shape index (κ3) is 3.52. The molecular formula is C15H13Br2N5OS. The van der Waals surface area contributed by atoms with Crippen LogP contribution in [0.3, 0.4) is 0 Å². The lowest BCUT2D eigenvalue weighted by atomic mass is 10.2. The molecule has 1 aromatic carbocycles. The summed E-state index contributed by atoms with van der Waals surface area (Å²) in [6.45, 7) is 0.507. The number of methoxy groups -OCH3 is 1. The van der Waals surface area contributed by atoms with E-state index in [-0.39, 0.29) is 0 Å². The zero-order valence-corrected chi connectivity index (χ0v) is 16.6. The van der Waals surface area contributed by atoms with E-state index in [1.54, 1.807) is 24.2 Å². The molecule has 3 rings (SSSR count). The van der Waals surface area contributed by atoms with Crippen LogP contribution in [0, 0.1) is 4.77 Å². The van der Waals surface area contributed by atoms with Crippen LogP contribution in [0.2, 0.25) is 0 Å². The van der Waals surface area contributed by atoms with Gasteiger partial charge in [-0.1, -0.05) is 15.9 Å². The highest BCUT2D eigenvalue weighted by atomic mass is 79.9. The number of rotatable bonds is 5. The molecule has 0 bridgehead atoms. The molecule has 0 aliphatic carbocycles. The van der Waals surface area contributed by atoms with E-state index in [1.807, 2.05) is 24.3 Å². The second kappa shape index (κ2) is 7.45. The lowest BCUT2D eigenvalue weighted by molar-refractivity contribution is 0.407. The van der Waals surface area contributed by atoms with Crippen molar-refractivity contribution >= 4 is 44.1 Å². The van der Waals surface area contributed by atoms with E-state index >= 15 is 0 Å². The van der Waals surface area contributed by atoms with E-state index in [2.05, 4.69) is 52.5 Å². The summed E-state index contributed by atoms with van der Waals surface area (Å²) in [5.74, 6) is 1.46. The second-order valence-corrected chi connectivity index (χ2v) is 7.00. The van der Waals surface area contributed by atoms with Gasteiger partial charge in [0.25, 0.3) is 0 Å². The SMILES string of the molecule is COc1c(Br)cc(Br)cc1CNn1c(-c2ccncc2)n[nH]c1=S. The molecule has 0 unspecified atom stereocenters. The van der Waals surface area contributed by atoms with Gasteiger partial charge in [0.1, 0.15) is 5.75 Å². The Labute approximate surface area is 160 Å². The van der Waals surface area contributed by atoms with Gasteiger partial charge in [0.15, 0.2) is 5.82 Å². The maximum Gasteiger partial charge on any atom is 0.214 e. The summed E-state index contributed by atoms with van der Waals surface area (Å²) in [5, 5.41) is 7.09. The van der Waals surface area contributed by atoms with Crippen LogP contribution in [0.25, 0.3) is 11.4 Å². The molecule has 2 heterocycles. The largest absolute Gasteiger partial charge is 0.495 e. The van der Waals surface area contributed by atoms with Gasteiger partial charge in [-0.15, -0.1) is 0 Å². The maximum atomic E-state index is 5.47. The van der Waals surface area contributed by atoms with Crippen molar-refractivity contribution in [3.05, 3.63) is 55.9 Å². The number of nitrogens with one attached hydrogen (secondary N) is 2. The molecule has 0 spiro atoms. The quantitative estimate of drug-likeness (QED) is 0.544. The molecule has 2 aromatic heterocycles. The summed E-state index contributed by atoms with van der Waals surface area (Å²) < 4.78 is 9.52. The van der Waals surface area contributed by atoms with E-state index in [1.165, 1.54) is 0 Å². The summed E-state index contributed by atoms with van der Waals surface area (Å²) in [5.41, 5.74) is 5.17. The number of hydrogen-bond acceptors (Lipinski definition) is 5. The average molecular weight is 471 g/mol. The molecule has 0 aliphatic heterocycles. The molecule has 0 atom stereocenters. The predicted molar refractivity (Wildman–Crippen MR) is 102 cm³/mol. The molecule has 2 N–H and O–H groups in total. The molecule has 0 amide bonds. The van der Waals surface area contributed by atoms with E-state index in [0.717, 1.165) is 25.8 Å². The Kier molecular flexibility index (Phi) is 5.32. The molecule has 0 saturated heterocycles. The van der Waals surface area contributed by atoms with E-state index in [9.17, 15) is 0 Å². The number of H-pyrrole nitrogens is 1. The summed E-state index contributed by atoms with van der Waals surface area (Å²) in [6, 6.07) is 7.68. The van der Waals surface area contributed by atoms with Crippen molar-refractivity contribution in [2.24, 2.45) is 0 Å². The Morgan fingerprint density at radius 1 is 1.29 bits per heavy atom. The minimum Gasteiger partial charge on any atom is -0.495 e. The Bertz CT molecular complexity index is 910. The highest BCUT2D eigenvalue weighted by Crippen LogP contribution is 2.32. The van der Waals surface area contributed by atoms with Crippen LogP contribution in [-0.2, 0) is 6.54 Å². The number of aromatic amines is 1. The van der Waals surface area contributed by atoms with Crippen LogP contribution in [0.5, 0.6) is 5.75 Å². The number of pyridine rings is 1. The van der Waals surface area contributed by atoms with Gasteiger partial charge in [-0.25, -0.2) is 9.77 Å². The minimum atomic E-state index is 0.481. The maximum absolute atomic E-state index is 5.47. The van der Waals surface area contributed by atoms with Gasteiger partial charge in [-0.05, 0) is 52.4 Å². The number of ether oxygens (including phenoxy) is 1. The van der Waals surface area contributed by atoms with Gasteiger partial charge in [-0.3, -0.25) is 4.98 Å². The number of nitrogens with zero attached hydrogens (tertiary/aromatic N) is 3. The molecular weight excluding hydrogens is 458 g/mol. The number of aromatic nitrogens is 4. The topological polar surface area (TPSA) is 67.8 Å². The van der Waals surface area contributed by atoms with Crippen LogP contribution < -0.4 is 10.2 Å². The monoisotopic (exact) mass is 469 g/mol.